The molecule has 1 fully saturated rings. The second-order valence-electron chi connectivity index (χ2n) is 12.1. The van der Waals surface area contributed by atoms with E-state index in [4.69, 9.17) is 9.47 Å². The van der Waals surface area contributed by atoms with E-state index < -0.39 is 12.3 Å². The first-order valence-electron chi connectivity index (χ1n) is 16.0. The number of hydrogen-bond acceptors (Lipinski definition) is 7. The summed E-state index contributed by atoms with van der Waals surface area (Å²) in [4.78, 5) is 39.3. The number of ether oxygens (including phenoxy) is 2. The van der Waals surface area contributed by atoms with E-state index in [9.17, 15) is 24.6 Å². The molecule has 8 nitrogen and oxygen atoms in total. The number of carboxylic acid groups (broad SMARTS) is 1. The first-order chi connectivity index (χ1) is 23.9. The lowest BCUT2D eigenvalue weighted by atomic mass is 9.99. The summed E-state index contributed by atoms with van der Waals surface area (Å²) in [5, 5.41) is 18.8. The maximum absolute atomic E-state index is 12.9. The average molecular weight is 672 g/mol. The minimum absolute atomic E-state index is 0.0322. The maximum Gasteiger partial charge on any atom is 0.335 e. The number of hydrogen-bond donors (Lipinski definition) is 2. The number of aliphatic hydroxyl groups excluding tert-OH is 1. The van der Waals surface area contributed by atoms with Crippen molar-refractivity contribution in [2.45, 2.75) is 43.0 Å². The Bertz CT molecular complexity index is 1960. The predicted octanol–water partition coefficient (Wildman–Crippen LogP) is 7.68. The second kappa shape index (κ2) is 14.2. The minimum Gasteiger partial charge on any atom is -0.478 e. The third-order valence-electron chi connectivity index (χ3n) is 8.81. The van der Waals surface area contributed by atoms with Gasteiger partial charge in [-0.2, -0.15) is 0 Å². The van der Waals surface area contributed by atoms with Gasteiger partial charge in [0.05, 0.1) is 42.0 Å². The van der Waals surface area contributed by atoms with Crippen molar-refractivity contribution in [3.8, 4) is 11.1 Å². The minimum atomic E-state index is -0.956. The number of benzene rings is 5. The lowest BCUT2D eigenvalue weighted by Gasteiger charge is -2.36. The monoisotopic (exact) mass is 671 g/mol. The molecule has 0 saturated carbocycles. The number of carbonyl (C=O) groups is 3. The van der Waals surface area contributed by atoms with Gasteiger partial charge < -0.3 is 19.7 Å². The van der Waals surface area contributed by atoms with Crippen LogP contribution >= 0.6 is 11.8 Å². The molecule has 2 aliphatic heterocycles. The quantitative estimate of drug-likeness (QED) is 0.115. The van der Waals surface area contributed by atoms with Crippen molar-refractivity contribution >= 4 is 29.5 Å². The van der Waals surface area contributed by atoms with Crippen molar-refractivity contribution in [2.75, 3.05) is 5.75 Å². The third-order valence-corrected chi connectivity index (χ3v) is 9.96. The number of rotatable bonds is 10. The smallest absolute Gasteiger partial charge is 0.335 e. The molecular formula is C40H33NO7S. The Hall–Kier alpha value is -5.06. The van der Waals surface area contributed by atoms with Crippen LogP contribution in [0, 0.1) is 0 Å². The number of carbonyl (C=O) groups excluding carboxylic acids is 2. The molecule has 5 aromatic carbocycles. The molecule has 0 aliphatic carbocycles. The summed E-state index contributed by atoms with van der Waals surface area (Å²) in [6, 6.07) is 37.3. The highest BCUT2D eigenvalue weighted by molar-refractivity contribution is 7.99. The Kier molecular flexibility index (Phi) is 9.41. The lowest BCUT2D eigenvalue weighted by molar-refractivity contribution is -0.245. The molecule has 3 unspecified atom stereocenters. The van der Waals surface area contributed by atoms with E-state index in [1.807, 2.05) is 84.9 Å². The number of amides is 2. The number of carboxylic acids is 1. The van der Waals surface area contributed by atoms with E-state index in [1.165, 1.54) is 4.90 Å². The standard InChI is InChI=1S/C40H33NO7S/c42-23-25-8-10-28(11-9-25)36-21-32(24-49-33-18-16-29(17-19-33)39(45)46)47-40(48-36)30-14-12-27(13-15-30)31-5-3-4-26(20-31)22-41-37(43)34-6-1-2-7-35(34)38(41)44/h1-20,32,36,40,42H,21-24H2,(H,45,46). The van der Waals surface area contributed by atoms with E-state index in [2.05, 4.69) is 0 Å². The first kappa shape index (κ1) is 32.5. The van der Waals surface area contributed by atoms with Crippen molar-refractivity contribution in [1.29, 1.82) is 0 Å². The lowest BCUT2D eigenvalue weighted by Crippen LogP contribution is -2.31. The van der Waals surface area contributed by atoms with Crippen LogP contribution in [-0.2, 0) is 22.6 Å². The van der Waals surface area contributed by atoms with Gasteiger partial charge in [0.1, 0.15) is 0 Å². The van der Waals surface area contributed by atoms with Gasteiger partial charge >= 0.3 is 5.97 Å². The molecule has 246 valence electrons. The maximum atomic E-state index is 12.9. The van der Waals surface area contributed by atoms with E-state index in [0.29, 0.717) is 23.3 Å². The van der Waals surface area contributed by atoms with Gasteiger partial charge in [-0.05, 0) is 70.3 Å². The van der Waals surface area contributed by atoms with Crippen LogP contribution in [-0.4, -0.2) is 44.8 Å². The Balaban J connectivity index is 1.07. The highest BCUT2D eigenvalue weighted by Gasteiger charge is 2.35. The highest BCUT2D eigenvalue weighted by atomic mass is 32.2. The van der Waals surface area contributed by atoms with E-state index >= 15 is 0 Å². The van der Waals surface area contributed by atoms with Crippen molar-refractivity contribution < 1.29 is 34.1 Å². The van der Waals surface area contributed by atoms with Crippen LogP contribution in [0.15, 0.2) is 126 Å². The van der Waals surface area contributed by atoms with Crippen molar-refractivity contribution in [3.05, 3.63) is 160 Å². The Labute approximate surface area is 287 Å². The van der Waals surface area contributed by atoms with Crippen molar-refractivity contribution in [3.63, 3.8) is 0 Å². The average Bonchev–Trinajstić information content (AvgIpc) is 3.39. The SMILES string of the molecule is O=C(O)c1ccc(SCC2CC(c3ccc(CO)cc3)OC(c3ccc(-c4cccc(CN5C(=O)c6ccccc6C5=O)c4)cc3)O2)cc1. The van der Waals surface area contributed by atoms with Crippen LogP contribution in [0.4, 0.5) is 0 Å². The fraction of sp³-hybridized carbons (Fsp3) is 0.175. The predicted molar refractivity (Wildman–Crippen MR) is 185 cm³/mol. The second-order valence-corrected chi connectivity index (χ2v) is 13.1. The summed E-state index contributed by atoms with van der Waals surface area (Å²) in [5.74, 6) is -0.867. The molecule has 3 atom stereocenters. The molecule has 2 amide bonds. The molecule has 49 heavy (non-hydrogen) atoms. The molecule has 2 aliphatic rings. The van der Waals surface area contributed by atoms with Gasteiger partial charge in [0.15, 0.2) is 6.29 Å². The number of imide groups is 1. The topological polar surface area (TPSA) is 113 Å². The molecule has 9 heteroatoms. The zero-order chi connectivity index (χ0) is 33.9. The summed E-state index contributed by atoms with van der Waals surface area (Å²) >= 11 is 1.60. The molecule has 2 heterocycles. The number of thioether (sulfide) groups is 1. The third kappa shape index (κ3) is 7.06. The van der Waals surface area contributed by atoms with E-state index in [1.54, 1.807) is 48.2 Å². The zero-order valence-electron chi connectivity index (χ0n) is 26.4. The molecule has 1 saturated heterocycles. The van der Waals surface area contributed by atoms with Gasteiger partial charge in [-0.3, -0.25) is 14.5 Å². The molecule has 2 N–H and O–H groups in total. The van der Waals surface area contributed by atoms with Gasteiger partial charge in [-0.25, -0.2) is 4.79 Å². The van der Waals surface area contributed by atoms with Crippen molar-refractivity contribution in [2.24, 2.45) is 0 Å². The van der Waals surface area contributed by atoms with Crippen molar-refractivity contribution in [1.82, 2.24) is 4.90 Å². The molecule has 7 rings (SSSR count). The van der Waals surface area contributed by atoms with Crippen LogP contribution in [0.3, 0.4) is 0 Å². The molecule has 0 bridgehead atoms. The Morgan fingerprint density at radius 2 is 1.41 bits per heavy atom. The van der Waals surface area contributed by atoms with Gasteiger partial charge in [0.25, 0.3) is 11.8 Å². The van der Waals surface area contributed by atoms with E-state index in [0.717, 1.165) is 38.3 Å². The summed E-state index contributed by atoms with van der Waals surface area (Å²) in [5.41, 5.74) is 6.58. The summed E-state index contributed by atoms with van der Waals surface area (Å²) in [6.07, 6.45) is -0.368. The molecule has 0 spiro atoms. The zero-order valence-corrected chi connectivity index (χ0v) is 27.2. The van der Waals surface area contributed by atoms with Crippen LogP contribution in [0.25, 0.3) is 11.1 Å². The summed E-state index contributed by atoms with van der Waals surface area (Å²) in [7, 11) is 0. The summed E-state index contributed by atoms with van der Waals surface area (Å²) < 4.78 is 13.0. The van der Waals surface area contributed by atoms with Crippen LogP contribution in [0.5, 0.6) is 0 Å². The fourth-order valence-electron chi connectivity index (χ4n) is 6.15. The number of aliphatic hydroxyl groups is 1. The first-order valence-corrected chi connectivity index (χ1v) is 17.0. The molecular weight excluding hydrogens is 639 g/mol. The van der Waals surface area contributed by atoms with Crippen LogP contribution < -0.4 is 0 Å². The largest absolute Gasteiger partial charge is 0.478 e. The van der Waals surface area contributed by atoms with Gasteiger partial charge in [-0.15, -0.1) is 11.8 Å². The number of aromatic carboxylic acids is 1. The Morgan fingerprint density at radius 1 is 0.735 bits per heavy atom. The molecule has 0 radical (unpaired) electrons. The number of nitrogens with zero attached hydrogens (tertiary/aromatic N) is 1. The van der Waals surface area contributed by atoms with Gasteiger partial charge in [0.2, 0.25) is 0 Å². The highest BCUT2D eigenvalue weighted by Crippen LogP contribution is 2.40. The van der Waals surface area contributed by atoms with Gasteiger partial charge in [0, 0.05) is 22.6 Å². The summed E-state index contributed by atoms with van der Waals surface area (Å²) in [6.45, 7) is 0.154. The molecule has 5 aromatic rings. The Morgan fingerprint density at radius 3 is 2.06 bits per heavy atom. The van der Waals surface area contributed by atoms with E-state index in [-0.39, 0.29) is 42.7 Å². The normalized spacial score (nSPS) is 18.8. The van der Waals surface area contributed by atoms with Crippen LogP contribution in [0.1, 0.15) is 72.1 Å². The van der Waals surface area contributed by atoms with Crippen LogP contribution in [0.2, 0.25) is 0 Å². The molecule has 0 aromatic heterocycles. The fourth-order valence-corrected chi connectivity index (χ4v) is 7.07. The number of fused-ring (bicyclic) bond motifs is 1. The van der Waals surface area contributed by atoms with Gasteiger partial charge in [-0.1, -0.05) is 78.9 Å².